The van der Waals surface area contributed by atoms with Crippen LogP contribution in [0.2, 0.25) is 0 Å². The quantitative estimate of drug-likeness (QED) is 0.757. The average Bonchev–Trinajstić information content (AvgIpc) is 2.98. The number of halogens is 2. The number of aromatic nitrogens is 2. The first-order chi connectivity index (χ1) is 8.11. The van der Waals surface area contributed by atoms with Gasteiger partial charge < -0.3 is 4.74 Å². The highest BCUT2D eigenvalue weighted by Gasteiger charge is 2.52. The number of nitrogens with zero attached hydrogens (tertiary/aromatic N) is 1. The Kier molecular flexibility index (Phi) is 3.10. The maximum Gasteiger partial charge on any atom is 0.396 e. The highest BCUT2D eigenvalue weighted by molar-refractivity contribution is 5.26. The molecule has 1 aliphatic carbocycles. The van der Waals surface area contributed by atoms with Gasteiger partial charge in [-0.05, 0) is 19.8 Å². The van der Waals surface area contributed by atoms with E-state index in [-0.39, 0.29) is 11.1 Å². The summed E-state index contributed by atoms with van der Waals surface area (Å²) in [4.78, 5) is 0. The molecule has 0 saturated heterocycles. The summed E-state index contributed by atoms with van der Waals surface area (Å²) in [7, 11) is 0. The molecule has 3 rings (SSSR count). The smallest absolute Gasteiger partial charge is 0.396 e. The second-order valence-corrected chi connectivity index (χ2v) is 4.63. The second-order valence-electron chi connectivity index (χ2n) is 4.63. The Morgan fingerprint density at radius 2 is 2.00 bits per heavy atom. The third-order valence-corrected chi connectivity index (χ3v) is 3.41. The maximum absolute atomic E-state index is 12.6. The van der Waals surface area contributed by atoms with Crippen LogP contribution in [0.1, 0.15) is 44.4 Å². The summed E-state index contributed by atoms with van der Waals surface area (Å²) in [6.45, 7) is 7.14. The number of ether oxygens (including phenoxy) is 1. The van der Waals surface area contributed by atoms with E-state index in [2.05, 4.69) is 5.10 Å². The lowest BCUT2D eigenvalue weighted by atomic mass is 10.1. The average molecular weight is 245 g/mol. The Bertz CT molecular complexity index is 411. The molecule has 1 spiro atoms. The number of hydrogen-bond donors (Lipinski definition) is 1. The fraction of sp³-hybridized carbons (Fsp3) is 0.750. The lowest BCUT2D eigenvalue weighted by molar-refractivity contribution is -0.770. The molecule has 17 heavy (non-hydrogen) atoms. The minimum absolute atomic E-state index is 0.0114. The topological polar surface area (TPSA) is 28.9 Å². The Labute approximate surface area is 99.8 Å². The van der Waals surface area contributed by atoms with Crippen LogP contribution in [0.4, 0.5) is 8.78 Å². The van der Waals surface area contributed by atoms with Crippen LogP contribution >= 0.6 is 0 Å². The molecule has 0 radical (unpaired) electrons. The lowest BCUT2D eigenvalue weighted by Crippen LogP contribution is -2.47. The predicted octanol–water partition coefficient (Wildman–Crippen LogP) is 2.75. The summed E-state index contributed by atoms with van der Waals surface area (Å²) in [5.41, 5.74) is 0.761. The third kappa shape index (κ3) is 2.03. The summed E-state index contributed by atoms with van der Waals surface area (Å²) >= 11 is 0. The van der Waals surface area contributed by atoms with E-state index < -0.39 is 6.43 Å². The van der Waals surface area contributed by atoms with Crippen molar-refractivity contribution in [3.63, 3.8) is 0 Å². The predicted molar refractivity (Wildman–Crippen MR) is 59.2 cm³/mol. The Morgan fingerprint density at radius 3 is 2.53 bits per heavy atom. The van der Waals surface area contributed by atoms with Crippen LogP contribution in [-0.2, 0) is 6.54 Å². The molecule has 0 amide bonds. The highest BCUT2D eigenvalue weighted by atomic mass is 19.3. The monoisotopic (exact) mass is 245 g/mol. The van der Waals surface area contributed by atoms with Crippen molar-refractivity contribution in [3.8, 4) is 5.88 Å². The summed E-state index contributed by atoms with van der Waals surface area (Å²) in [6.07, 6.45) is -0.176. The molecule has 1 aromatic heterocycles. The van der Waals surface area contributed by atoms with Crippen molar-refractivity contribution in [2.24, 2.45) is 5.41 Å². The number of fused-ring (bicyclic) bond motifs is 1. The van der Waals surface area contributed by atoms with Gasteiger partial charge in [-0.25, -0.2) is 8.78 Å². The fourth-order valence-electron chi connectivity index (χ4n) is 2.19. The molecular formula is C12H19F2N2O+. The van der Waals surface area contributed by atoms with Gasteiger partial charge in [-0.15, -0.1) is 0 Å². The van der Waals surface area contributed by atoms with Gasteiger partial charge in [-0.3, -0.25) is 0 Å². The van der Waals surface area contributed by atoms with Gasteiger partial charge in [0.2, 0.25) is 0 Å². The molecule has 0 atom stereocenters. The first-order valence-electron chi connectivity index (χ1n) is 6.15. The van der Waals surface area contributed by atoms with E-state index in [1.54, 1.807) is 11.6 Å². The van der Waals surface area contributed by atoms with Crippen molar-refractivity contribution in [2.75, 3.05) is 6.61 Å². The van der Waals surface area contributed by atoms with Crippen molar-refractivity contribution in [3.05, 3.63) is 11.3 Å². The van der Waals surface area contributed by atoms with E-state index in [9.17, 15) is 8.78 Å². The number of rotatable bonds is 1. The molecule has 0 bridgehead atoms. The first kappa shape index (κ1) is 12.3. The number of alkyl halides is 2. The molecule has 2 heterocycles. The van der Waals surface area contributed by atoms with Gasteiger partial charge in [-0.1, -0.05) is 18.5 Å². The Hall–Kier alpha value is -1.13. The minimum Gasteiger partial charge on any atom is -0.442 e. The first-order valence-corrected chi connectivity index (χ1v) is 6.15. The normalized spacial score (nSPS) is 19.4. The summed E-state index contributed by atoms with van der Waals surface area (Å²) in [5.74, 6) is 0.586. The molecule has 0 aromatic carbocycles. The summed E-state index contributed by atoms with van der Waals surface area (Å²) in [6, 6.07) is 0. The van der Waals surface area contributed by atoms with Gasteiger partial charge in [0.05, 0.1) is 11.0 Å². The van der Waals surface area contributed by atoms with Crippen LogP contribution < -0.4 is 9.42 Å². The summed E-state index contributed by atoms with van der Waals surface area (Å²) in [5, 5.41) is 2.74. The zero-order chi connectivity index (χ0) is 12.6. The largest absolute Gasteiger partial charge is 0.442 e. The molecule has 1 aromatic rings. The van der Waals surface area contributed by atoms with Crippen LogP contribution in [0, 0.1) is 12.3 Å². The molecule has 5 heteroatoms. The van der Waals surface area contributed by atoms with Gasteiger partial charge in [0.1, 0.15) is 6.61 Å². The van der Waals surface area contributed by atoms with Crippen LogP contribution in [0.15, 0.2) is 0 Å². The number of aromatic amines is 1. The van der Waals surface area contributed by atoms with Crippen molar-refractivity contribution >= 4 is 0 Å². The Morgan fingerprint density at radius 1 is 1.35 bits per heavy atom. The van der Waals surface area contributed by atoms with E-state index >= 15 is 0 Å². The highest BCUT2D eigenvalue weighted by Crippen LogP contribution is 2.48. The van der Waals surface area contributed by atoms with E-state index in [0.29, 0.717) is 18.1 Å². The van der Waals surface area contributed by atoms with Gasteiger partial charge in [0, 0.05) is 0 Å². The maximum atomic E-state index is 12.6. The summed E-state index contributed by atoms with van der Waals surface area (Å²) < 4.78 is 32.5. The van der Waals surface area contributed by atoms with Crippen LogP contribution in [0.25, 0.3) is 0 Å². The van der Waals surface area contributed by atoms with Gasteiger partial charge in [0.15, 0.2) is 12.2 Å². The molecule has 1 N–H and O–H groups in total. The molecular weight excluding hydrogens is 226 g/mol. The zero-order valence-corrected chi connectivity index (χ0v) is 10.5. The number of hydrogen-bond acceptors (Lipinski definition) is 1. The van der Waals surface area contributed by atoms with E-state index in [0.717, 1.165) is 19.4 Å². The molecule has 96 valence electrons. The van der Waals surface area contributed by atoms with Crippen molar-refractivity contribution in [2.45, 2.75) is 46.6 Å². The van der Waals surface area contributed by atoms with Gasteiger partial charge in [-0.2, -0.15) is 5.10 Å². The van der Waals surface area contributed by atoms with Crippen LogP contribution in [0.5, 0.6) is 5.88 Å². The van der Waals surface area contributed by atoms with E-state index in [1.807, 2.05) is 13.8 Å². The molecule has 2 aliphatic rings. The van der Waals surface area contributed by atoms with Crippen LogP contribution in [-0.4, -0.2) is 11.7 Å². The van der Waals surface area contributed by atoms with Gasteiger partial charge >= 0.3 is 5.88 Å². The lowest BCUT2D eigenvalue weighted by Gasteiger charge is -2.16. The fourth-order valence-corrected chi connectivity index (χ4v) is 2.19. The minimum atomic E-state index is -2.46. The van der Waals surface area contributed by atoms with E-state index in [4.69, 9.17) is 4.74 Å². The SMILES string of the molecule is CC.Cc1c(C(F)F)[nH][n+]2c1OCC1(CC1)C2. The molecule has 0 unspecified atom stereocenters. The molecule has 1 aliphatic heterocycles. The third-order valence-electron chi connectivity index (χ3n) is 3.41. The number of H-pyrrole nitrogens is 1. The second kappa shape index (κ2) is 4.27. The molecule has 1 saturated carbocycles. The standard InChI is InChI=1S/C10H12F2N2O.C2H6/c1-6-7(8(11)12)13-14-4-10(2-3-10)5-15-9(6)14;1-2/h8H,2-5H2,1H3;1-2H3/p+1. The Balaban J connectivity index is 0.000000514. The van der Waals surface area contributed by atoms with Gasteiger partial charge in [0.25, 0.3) is 6.43 Å². The number of nitrogens with one attached hydrogen (secondary N) is 1. The van der Waals surface area contributed by atoms with Crippen molar-refractivity contribution < 1.29 is 18.2 Å². The van der Waals surface area contributed by atoms with Crippen molar-refractivity contribution in [1.82, 2.24) is 5.10 Å². The molecule has 3 nitrogen and oxygen atoms in total. The zero-order valence-electron chi connectivity index (χ0n) is 10.5. The van der Waals surface area contributed by atoms with Crippen molar-refractivity contribution in [1.29, 1.82) is 0 Å². The molecule has 1 fully saturated rings. The van der Waals surface area contributed by atoms with Crippen LogP contribution in [0.3, 0.4) is 0 Å². The van der Waals surface area contributed by atoms with E-state index in [1.165, 1.54) is 0 Å².